The molecule has 0 spiro atoms. The summed E-state index contributed by atoms with van der Waals surface area (Å²) in [6, 6.07) is 2.24. The molecule has 80 valence electrons. The van der Waals surface area contributed by atoms with Crippen LogP contribution in [-0.4, -0.2) is 45.0 Å². The van der Waals surface area contributed by atoms with Crippen LogP contribution >= 0.6 is 0 Å². The second-order valence-corrected chi connectivity index (χ2v) is 6.16. The van der Waals surface area contributed by atoms with Crippen molar-refractivity contribution in [2.24, 2.45) is 5.92 Å². The monoisotopic (exact) mass is 216 g/mol. The molecule has 0 radical (unpaired) electrons. The molecule has 0 amide bonds. The minimum atomic E-state index is -2.87. The van der Waals surface area contributed by atoms with Gasteiger partial charge in [-0.15, -0.1) is 0 Å². The van der Waals surface area contributed by atoms with Crippen LogP contribution in [0, 0.1) is 17.2 Å². The summed E-state index contributed by atoms with van der Waals surface area (Å²) in [7, 11) is -2.87. The van der Waals surface area contributed by atoms with Gasteiger partial charge in [-0.25, -0.2) is 8.42 Å². The van der Waals surface area contributed by atoms with Crippen molar-refractivity contribution in [3.05, 3.63) is 0 Å². The van der Waals surface area contributed by atoms with Gasteiger partial charge in [0.15, 0.2) is 0 Å². The smallest absolute Gasteiger partial charge is 0.148 e. The van der Waals surface area contributed by atoms with E-state index in [-0.39, 0.29) is 11.7 Å². The van der Waals surface area contributed by atoms with Crippen molar-refractivity contribution in [3.8, 4) is 6.07 Å². The molecule has 0 aromatic carbocycles. The van der Waals surface area contributed by atoms with Crippen LogP contribution in [0.15, 0.2) is 0 Å². The van der Waals surface area contributed by atoms with Crippen LogP contribution in [0.3, 0.4) is 0 Å². The Morgan fingerprint density at radius 2 is 2.29 bits per heavy atom. The van der Waals surface area contributed by atoms with Crippen molar-refractivity contribution in [1.29, 1.82) is 5.26 Å². The van der Waals surface area contributed by atoms with Gasteiger partial charge in [0, 0.05) is 19.3 Å². The molecule has 1 atom stereocenters. The molecule has 1 fully saturated rings. The zero-order chi connectivity index (χ0) is 10.6. The van der Waals surface area contributed by atoms with Gasteiger partial charge in [-0.3, -0.25) is 0 Å². The molecule has 0 bridgehead atoms. The second kappa shape index (κ2) is 4.76. The van der Waals surface area contributed by atoms with Crippen molar-refractivity contribution < 1.29 is 8.42 Å². The van der Waals surface area contributed by atoms with Crippen molar-refractivity contribution in [1.82, 2.24) is 4.90 Å². The average molecular weight is 216 g/mol. The zero-order valence-electron chi connectivity index (χ0n) is 8.44. The molecule has 0 saturated carbocycles. The van der Waals surface area contributed by atoms with E-state index in [1.54, 1.807) is 0 Å². The fourth-order valence-corrected chi connectivity index (χ4v) is 2.25. The van der Waals surface area contributed by atoms with Crippen molar-refractivity contribution >= 4 is 9.84 Å². The van der Waals surface area contributed by atoms with Gasteiger partial charge in [0.25, 0.3) is 0 Å². The van der Waals surface area contributed by atoms with Gasteiger partial charge >= 0.3 is 0 Å². The first kappa shape index (κ1) is 11.5. The Bertz CT molecular complexity index is 318. The van der Waals surface area contributed by atoms with Gasteiger partial charge < -0.3 is 4.90 Å². The van der Waals surface area contributed by atoms with E-state index in [9.17, 15) is 8.42 Å². The topological polar surface area (TPSA) is 61.2 Å². The Labute approximate surface area is 85.4 Å². The van der Waals surface area contributed by atoms with Crippen LogP contribution in [0.25, 0.3) is 0 Å². The lowest BCUT2D eigenvalue weighted by molar-refractivity contribution is 0.210. The van der Waals surface area contributed by atoms with Crippen LogP contribution < -0.4 is 0 Å². The highest BCUT2D eigenvalue weighted by Gasteiger charge is 2.19. The van der Waals surface area contributed by atoms with E-state index in [0.717, 1.165) is 25.9 Å². The average Bonchev–Trinajstić information content (AvgIpc) is 2.14. The minimum Gasteiger partial charge on any atom is -0.301 e. The first-order chi connectivity index (χ1) is 6.51. The summed E-state index contributed by atoms with van der Waals surface area (Å²) in [5.41, 5.74) is 0. The fourth-order valence-electron chi connectivity index (χ4n) is 1.66. The van der Waals surface area contributed by atoms with E-state index in [2.05, 4.69) is 11.0 Å². The maximum atomic E-state index is 10.9. The van der Waals surface area contributed by atoms with Crippen LogP contribution in [0.1, 0.15) is 12.8 Å². The van der Waals surface area contributed by atoms with E-state index < -0.39 is 9.84 Å². The summed E-state index contributed by atoms with van der Waals surface area (Å²) < 4.78 is 21.9. The molecular weight excluding hydrogens is 200 g/mol. The molecule has 0 aromatic heterocycles. The van der Waals surface area contributed by atoms with Crippen molar-refractivity contribution in [2.45, 2.75) is 12.8 Å². The number of nitriles is 1. The molecule has 1 rings (SSSR count). The van der Waals surface area contributed by atoms with Gasteiger partial charge in [-0.2, -0.15) is 5.26 Å². The first-order valence-corrected chi connectivity index (χ1v) is 6.87. The molecule has 1 aliphatic rings. The van der Waals surface area contributed by atoms with Crippen LogP contribution in [0.5, 0.6) is 0 Å². The van der Waals surface area contributed by atoms with Gasteiger partial charge in [0.2, 0.25) is 0 Å². The third kappa shape index (κ3) is 4.07. The predicted molar refractivity (Wildman–Crippen MR) is 54.5 cm³/mol. The largest absolute Gasteiger partial charge is 0.301 e. The molecule has 1 heterocycles. The number of piperidine rings is 1. The Morgan fingerprint density at radius 1 is 1.57 bits per heavy atom. The maximum Gasteiger partial charge on any atom is 0.148 e. The molecule has 5 heteroatoms. The summed E-state index contributed by atoms with van der Waals surface area (Å²) >= 11 is 0. The molecule has 0 aromatic rings. The molecule has 1 unspecified atom stereocenters. The summed E-state index contributed by atoms with van der Waals surface area (Å²) in [6.07, 6.45) is 3.20. The van der Waals surface area contributed by atoms with Crippen LogP contribution in [-0.2, 0) is 9.84 Å². The zero-order valence-corrected chi connectivity index (χ0v) is 9.26. The van der Waals surface area contributed by atoms with Gasteiger partial charge in [-0.1, -0.05) is 0 Å². The highest BCUT2D eigenvalue weighted by Crippen LogP contribution is 2.14. The van der Waals surface area contributed by atoms with Gasteiger partial charge in [0.05, 0.1) is 17.7 Å². The predicted octanol–water partition coefficient (Wildman–Crippen LogP) is 0.267. The Morgan fingerprint density at radius 3 is 2.86 bits per heavy atom. The third-order valence-corrected chi connectivity index (χ3v) is 3.39. The lowest BCUT2D eigenvalue weighted by Crippen LogP contribution is -2.37. The molecule has 1 saturated heterocycles. The summed E-state index contributed by atoms with van der Waals surface area (Å²) in [5.74, 6) is 0.286. The summed E-state index contributed by atoms with van der Waals surface area (Å²) in [5, 5.41) is 8.74. The molecule has 0 N–H and O–H groups in total. The van der Waals surface area contributed by atoms with Crippen LogP contribution in [0.4, 0.5) is 0 Å². The molecule has 1 aliphatic heterocycles. The number of nitrogens with zero attached hydrogens (tertiary/aromatic N) is 2. The Hall–Kier alpha value is -0.600. The molecule has 0 aliphatic carbocycles. The number of hydrogen-bond acceptors (Lipinski definition) is 4. The SMILES string of the molecule is CS(=O)(=O)CCN1CCCC(C#N)C1. The normalized spacial score (nSPS) is 24.4. The van der Waals surface area contributed by atoms with Crippen LogP contribution in [0.2, 0.25) is 0 Å². The highest BCUT2D eigenvalue weighted by molar-refractivity contribution is 7.90. The standard InChI is InChI=1S/C9H16N2O2S/c1-14(12,13)6-5-11-4-2-3-9(7-10)8-11/h9H,2-6,8H2,1H3. The van der Waals surface area contributed by atoms with E-state index in [1.165, 1.54) is 6.26 Å². The number of hydrogen-bond donors (Lipinski definition) is 0. The minimum absolute atomic E-state index is 0.0864. The van der Waals surface area contributed by atoms with E-state index >= 15 is 0 Å². The van der Waals surface area contributed by atoms with Gasteiger partial charge in [-0.05, 0) is 19.4 Å². The molecule has 14 heavy (non-hydrogen) atoms. The van der Waals surface area contributed by atoms with E-state index in [1.807, 2.05) is 0 Å². The number of sulfone groups is 1. The maximum absolute atomic E-state index is 10.9. The number of rotatable bonds is 3. The lowest BCUT2D eigenvalue weighted by Gasteiger charge is -2.28. The van der Waals surface area contributed by atoms with E-state index in [4.69, 9.17) is 5.26 Å². The van der Waals surface area contributed by atoms with Crippen molar-refractivity contribution in [2.75, 3.05) is 31.6 Å². The lowest BCUT2D eigenvalue weighted by atomic mass is 10.00. The summed E-state index contributed by atoms with van der Waals surface area (Å²) in [6.45, 7) is 2.22. The molecule has 4 nitrogen and oxygen atoms in total. The number of likely N-dealkylation sites (tertiary alicyclic amines) is 1. The highest BCUT2D eigenvalue weighted by atomic mass is 32.2. The second-order valence-electron chi connectivity index (χ2n) is 3.90. The first-order valence-electron chi connectivity index (χ1n) is 4.81. The van der Waals surface area contributed by atoms with E-state index in [0.29, 0.717) is 6.54 Å². The van der Waals surface area contributed by atoms with Gasteiger partial charge in [0.1, 0.15) is 9.84 Å². The fraction of sp³-hybridized carbons (Fsp3) is 0.889. The molecular formula is C9H16N2O2S. The third-order valence-electron chi connectivity index (χ3n) is 2.47. The quantitative estimate of drug-likeness (QED) is 0.679. The Balaban J connectivity index is 2.35. The van der Waals surface area contributed by atoms with Crippen molar-refractivity contribution in [3.63, 3.8) is 0 Å². The summed E-state index contributed by atoms with van der Waals surface area (Å²) in [4.78, 5) is 2.07. The Kier molecular flexibility index (Phi) is 3.90.